The maximum atomic E-state index is 5.93. The molecule has 0 saturated carbocycles. The van der Waals surface area contributed by atoms with E-state index in [-0.39, 0.29) is 0 Å². The summed E-state index contributed by atoms with van der Waals surface area (Å²) in [5.74, 6) is 0. The Bertz CT molecular complexity index is 422. The molecule has 0 unspecified atom stereocenters. The van der Waals surface area contributed by atoms with Crippen LogP contribution in [-0.4, -0.2) is 15.2 Å². The predicted molar refractivity (Wildman–Crippen MR) is 51.6 cm³/mol. The van der Waals surface area contributed by atoms with Gasteiger partial charge in [0, 0.05) is 23.0 Å². The molecule has 0 radical (unpaired) electrons. The number of nitrogens with one attached hydrogen (secondary N) is 1. The SMILES string of the molecule is Cc1[nH]ncc1-c1cccnc1Cl. The summed E-state index contributed by atoms with van der Waals surface area (Å²) in [7, 11) is 0. The Morgan fingerprint density at radius 1 is 1.38 bits per heavy atom. The fourth-order valence-corrected chi connectivity index (χ4v) is 1.43. The summed E-state index contributed by atoms with van der Waals surface area (Å²) in [6.07, 6.45) is 3.42. The molecule has 4 heteroatoms. The molecule has 13 heavy (non-hydrogen) atoms. The van der Waals surface area contributed by atoms with Crippen molar-refractivity contribution >= 4 is 11.6 Å². The fourth-order valence-electron chi connectivity index (χ4n) is 1.21. The highest BCUT2D eigenvalue weighted by molar-refractivity contribution is 6.32. The molecule has 0 fully saturated rings. The van der Waals surface area contributed by atoms with Crippen LogP contribution in [0.2, 0.25) is 5.15 Å². The van der Waals surface area contributed by atoms with Gasteiger partial charge in [0.05, 0.1) is 6.20 Å². The Morgan fingerprint density at radius 2 is 2.23 bits per heavy atom. The van der Waals surface area contributed by atoms with E-state index in [4.69, 9.17) is 11.6 Å². The minimum atomic E-state index is 0.506. The lowest BCUT2D eigenvalue weighted by atomic mass is 10.1. The van der Waals surface area contributed by atoms with Gasteiger partial charge in [0.2, 0.25) is 0 Å². The monoisotopic (exact) mass is 193 g/mol. The number of aryl methyl sites for hydroxylation is 1. The molecule has 2 heterocycles. The van der Waals surface area contributed by atoms with E-state index in [1.54, 1.807) is 12.4 Å². The summed E-state index contributed by atoms with van der Waals surface area (Å²) in [4.78, 5) is 4.00. The van der Waals surface area contributed by atoms with Gasteiger partial charge in [-0.05, 0) is 19.1 Å². The molecule has 0 atom stereocenters. The third-order valence-corrected chi connectivity index (χ3v) is 2.18. The van der Waals surface area contributed by atoms with Crippen LogP contribution in [-0.2, 0) is 0 Å². The molecule has 1 N–H and O–H groups in total. The van der Waals surface area contributed by atoms with E-state index in [0.717, 1.165) is 16.8 Å². The van der Waals surface area contributed by atoms with E-state index in [1.165, 1.54) is 0 Å². The zero-order chi connectivity index (χ0) is 9.26. The summed E-state index contributed by atoms with van der Waals surface area (Å²) in [6, 6.07) is 3.78. The van der Waals surface area contributed by atoms with E-state index in [0.29, 0.717) is 5.15 Å². The first-order valence-corrected chi connectivity index (χ1v) is 4.27. The molecule has 2 rings (SSSR count). The summed E-state index contributed by atoms with van der Waals surface area (Å²) in [5, 5.41) is 7.29. The van der Waals surface area contributed by atoms with Crippen molar-refractivity contribution in [1.29, 1.82) is 0 Å². The van der Waals surface area contributed by atoms with Crippen LogP contribution in [0.3, 0.4) is 0 Å². The number of halogens is 1. The van der Waals surface area contributed by atoms with E-state index in [9.17, 15) is 0 Å². The number of H-pyrrole nitrogens is 1. The Morgan fingerprint density at radius 3 is 2.85 bits per heavy atom. The molecule has 0 bridgehead atoms. The van der Waals surface area contributed by atoms with Crippen LogP contribution in [0.15, 0.2) is 24.5 Å². The van der Waals surface area contributed by atoms with Gasteiger partial charge in [0.25, 0.3) is 0 Å². The Balaban J connectivity index is 2.59. The number of nitrogens with zero attached hydrogens (tertiary/aromatic N) is 2. The number of hydrogen-bond acceptors (Lipinski definition) is 2. The molecule has 2 aromatic heterocycles. The number of aromatic amines is 1. The number of hydrogen-bond donors (Lipinski definition) is 1. The predicted octanol–water partition coefficient (Wildman–Crippen LogP) is 2.43. The van der Waals surface area contributed by atoms with E-state index >= 15 is 0 Å². The lowest BCUT2D eigenvalue weighted by Crippen LogP contribution is -1.82. The first kappa shape index (κ1) is 8.26. The van der Waals surface area contributed by atoms with Crippen molar-refractivity contribution < 1.29 is 0 Å². The molecular formula is C9H8ClN3. The highest BCUT2D eigenvalue weighted by Gasteiger charge is 2.07. The highest BCUT2D eigenvalue weighted by atomic mass is 35.5. The largest absolute Gasteiger partial charge is 0.282 e. The molecule has 0 aliphatic carbocycles. The van der Waals surface area contributed by atoms with Crippen LogP contribution in [0.4, 0.5) is 0 Å². The van der Waals surface area contributed by atoms with Crippen molar-refractivity contribution in [2.45, 2.75) is 6.92 Å². The average molecular weight is 194 g/mol. The standard InChI is InChI=1S/C9H8ClN3/c1-6-8(5-12-13-6)7-3-2-4-11-9(7)10/h2-5H,1H3,(H,12,13). The van der Waals surface area contributed by atoms with E-state index in [2.05, 4.69) is 15.2 Å². The molecule has 3 nitrogen and oxygen atoms in total. The van der Waals surface area contributed by atoms with Gasteiger partial charge < -0.3 is 0 Å². The Kier molecular flexibility index (Phi) is 2.02. The molecule has 0 aromatic carbocycles. The zero-order valence-electron chi connectivity index (χ0n) is 7.08. The average Bonchev–Trinajstić information content (AvgIpc) is 2.52. The molecule has 0 saturated heterocycles. The topological polar surface area (TPSA) is 41.6 Å². The molecular weight excluding hydrogens is 186 g/mol. The van der Waals surface area contributed by atoms with Crippen LogP contribution in [0, 0.1) is 6.92 Å². The second-order valence-electron chi connectivity index (χ2n) is 2.75. The van der Waals surface area contributed by atoms with Gasteiger partial charge >= 0.3 is 0 Å². The minimum Gasteiger partial charge on any atom is -0.282 e. The van der Waals surface area contributed by atoms with Crippen molar-refractivity contribution in [3.63, 3.8) is 0 Å². The maximum absolute atomic E-state index is 5.93. The van der Waals surface area contributed by atoms with Crippen LogP contribution >= 0.6 is 11.6 Å². The molecule has 0 aliphatic rings. The molecule has 2 aromatic rings. The van der Waals surface area contributed by atoms with Gasteiger partial charge in [-0.3, -0.25) is 5.10 Å². The molecule has 66 valence electrons. The van der Waals surface area contributed by atoms with Crippen molar-refractivity contribution in [3.8, 4) is 11.1 Å². The summed E-state index contributed by atoms with van der Waals surface area (Å²) in [6.45, 7) is 1.95. The zero-order valence-corrected chi connectivity index (χ0v) is 7.84. The highest BCUT2D eigenvalue weighted by Crippen LogP contribution is 2.26. The van der Waals surface area contributed by atoms with Crippen molar-refractivity contribution in [2.24, 2.45) is 0 Å². The molecule has 0 amide bonds. The van der Waals surface area contributed by atoms with Gasteiger partial charge in [-0.1, -0.05) is 11.6 Å². The summed E-state index contributed by atoms with van der Waals surface area (Å²) >= 11 is 5.93. The van der Waals surface area contributed by atoms with Gasteiger partial charge in [-0.25, -0.2) is 4.98 Å². The quantitative estimate of drug-likeness (QED) is 0.707. The second-order valence-corrected chi connectivity index (χ2v) is 3.11. The van der Waals surface area contributed by atoms with Gasteiger partial charge in [-0.2, -0.15) is 5.10 Å². The number of pyridine rings is 1. The Hall–Kier alpha value is -1.35. The van der Waals surface area contributed by atoms with Crippen LogP contribution in [0.25, 0.3) is 11.1 Å². The maximum Gasteiger partial charge on any atom is 0.136 e. The van der Waals surface area contributed by atoms with Gasteiger partial charge in [0.15, 0.2) is 0 Å². The molecule has 0 aliphatic heterocycles. The molecule has 0 spiro atoms. The smallest absolute Gasteiger partial charge is 0.136 e. The number of aromatic nitrogens is 3. The van der Waals surface area contributed by atoms with Crippen LogP contribution < -0.4 is 0 Å². The van der Waals surface area contributed by atoms with Crippen molar-refractivity contribution in [3.05, 3.63) is 35.4 Å². The van der Waals surface area contributed by atoms with E-state index < -0.39 is 0 Å². The first-order chi connectivity index (χ1) is 6.29. The lowest BCUT2D eigenvalue weighted by molar-refractivity contribution is 1.05. The van der Waals surface area contributed by atoms with Crippen molar-refractivity contribution in [1.82, 2.24) is 15.2 Å². The van der Waals surface area contributed by atoms with E-state index in [1.807, 2.05) is 19.1 Å². The minimum absolute atomic E-state index is 0.506. The third kappa shape index (κ3) is 1.42. The third-order valence-electron chi connectivity index (χ3n) is 1.88. The van der Waals surface area contributed by atoms with Gasteiger partial charge in [-0.15, -0.1) is 0 Å². The second kappa shape index (κ2) is 3.18. The lowest BCUT2D eigenvalue weighted by Gasteiger charge is -1.99. The fraction of sp³-hybridized carbons (Fsp3) is 0.111. The van der Waals surface area contributed by atoms with Gasteiger partial charge in [0.1, 0.15) is 5.15 Å². The first-order valence-electron chi connectivity index (χ1n) is 3.90. The number of rotatable bonds is 1. The Labute approximate surface area is 80.8 Å². The summed E-state index contributed by atoms with van der Waals surface area (Å²) in [5.41, 5.74) is 2.91. The van der Waals surface area contributed by atoms with Crippen molar-refractivity contribution in [2.75, 3.05) is 0 Å². The van der Waals surface area contributed by atoms with Crippen LogP contribution in [0.5, 0.6) is 0 Å². The van der Waals surface area contributed by atoms with Crippen LogP contribution in [0.1, 0.15) is 5.69 Å². The summed E-state index contributed by atoms with van der Waals surface area (Å²) < 4.78 is 0. The normalized spacial score (nSPS) is 10.3.